The number of hydrogen-bond acceptors (Lipinski definition) is 5. The Kier molecular flexibility index (Phi) is 9.88. The molecule has 0 aliphatic heterocycles. The zero-order valence-corrected chi connectivity index (χ0v) is 32.6. The molecule has 0 N–H and O–H groups in total. The molecule has 60 heavy (non-hydrogen) atoms. The number of nitrogens with zero attached hydrogens (tertiary/aromatic N) is 5. The molecular formula is C55H37N5. The summed E-state index contributed by atoms with van der Waals surface area (Å²) in [5.41, 5.74) is 15.6. The van der Waals surface area contributed by atoms with E-state index in [4.69, 9.17) is 24.9 Å². The van der Waals surface area contributed by atoms with Crippen LogP contribution in [0.2, 0.25) is 0 Å². The minimum Gasteiger partial charge on any atom is -0.256 e. The Labute approximate surface area is 349 Å². The zero-order valence-electron chi connectivity index (χ0n) is 32.6. The summed E-state index contributed by atoms with van der Waals surface area (Å²) in [5, 5.41) is 0. The molecule has 3 aromatic heterocycles. The molecule has 0 bridgehead atoms. The van der Waals surface area contributed by atoms with Crippen molar-refractivity contribution in [1.82, 2.24) is 24.9 Å². The fourth-order valence-electron chi connectivity index (χ4n) is 7.66. The minimum absolute atomic E-state index is 0.680. The molecular weight excluding hydrogens is 731 g/mol. The summed E-state index contributed by atoms with van der Waals surface area (Å²) in [7, 11) is 0. The first-order valence-corrected chi connectivity index (χ1v) is 20.0. The molecule has 0 unspecified atom stereocenters. The standard InChI is InChI=1S/C55H37N5/c1-5-18-38(19-6-1)49-36-51(59-54(57-49)40-22-9-3-10-23-40)43-27-15-26-42(34-43)46-30-17-31-47(48-32-13-14-33-56-48)53(46)45-29-16-28-44(35-45)52-37-50(39-20-7-2-8-21-39)58-55(60-52)41-24-11-4-12-25-41/h1-37H. The van der Waals surface area contributed by atoms with Crippen LogP contribution < -0.4 is 0 Å². The van der Waals surface area contributed by atoms with Crippen molar-refractivity contribution in [2.24, 2.45) is 0 Å². The van der Waals surface area contributed by atoms with Gasteiger partial charge in [-0.25, -0.2) is 19.9 Å². The van der Waals surface area contributed by atoms with E-state index in [9.17, 15) is 0 Å². The second-order valence-corrected chi connectivity index (χ2v) is 14.5. The van der Waals surface area contributed by atoms with E-state index in [0.29, 0.717) is 11.6 Å². The highest BCUT2D eigenvalue weighted by molar-refractivity contribution is 5.95. The van der Waals surface area contributed by atoms with E-state index in [2.05, 4.69) is 133 Å². The minimum atomic E-state index is 0.680. The molecule has 282 valence electrons. The van der Waals surface area contributed by atoms with Gasteiger partial charge in [0.25, 0.3) is 0 Å². The highest BCUT2D eigenvalue weighted by Gasteiger charge is 2.18. The predicted molar refractivity (Wildman–Crippen MR) is 244 cm³/mol. The lowest BCUT2D eigenvalue weighted by Gasteiger charge is -2.17. The lowest BCUT2D eigenvalue weighted by Crippen LogP contribution is -1.97. The van der Waals surface area contributed by atoms with Gasteiger partial charge in [0.2, 0.25) is 0 Å². The van der Waals surface area contributed by atoms with Crippen molar-refractivity contribution in [2.75, 3.05) is 0 Å². The van der Waals surface area contributed by atoms with Crippen molar-refractivity contribution in [2.45, 2.75) is 0 Å². The first-order chi connectivity index (χ1) is 29.7. The average Bonchev–Trinajstić information content (AvgIpc) is 3.35. The van der Waals surface area contributed by atoms with Gasteiger partial charge in [-0.1, -0.05) is 182 Å². The van der Waals surface area contributed by atoms with Crippen LogP contribution in [0.15, 0.2) is 225 Å². The summed E-state index contributed by atoms with van der Waals surface area (Å²) >= 11 is 0. The lowest BCUT2D eigenvalue weighted by molar-refractivity contribution is 1.18. The van der Waals surface area contributed by atoms with E-state index in [1.54, 1.807) is 0 Å². The summed E-state index contributed by atoms with van der Waals surface area (Å²) in [6.07, 6.45) is 1.85. The Morgan fingerprint density at radius 3 is 1.12 bits per heavy atom. The molecule has 0 aliphatic carbocycles. The summed E-state index contributed by atoms with van der Waals surface area (Å²) < 4.78 is 0. The second kappa shape index (κ2) is 16.4. The molecule has 7 aromatic carbocycles. The van der Waals surface area contributed by atoms with Crippen LogP contribution in [0.4, 0.5) is 0 Å². The number of pyridine rings is 1. The van der Waals surface area contributed by atoms with E-state index in [0.717, 1.165) is 89.7 Å². The fraction of sp³-hybridized carbons (Fsp3) is 0. The predicted octanol–water partition coefficient (Wildman–Crippen LogP) is 13.7. The summed E-state index contributed by atoms with van der Waals surface area (Å²) in [4.78, 5) is 25.2. The Hall–Kier alpha value is -8.15. The molecule has 0 fully saturated rings. The van der Waals surface area contributed by atoms with Crippen LogP contribution in [0.5, 0.6) is 0 Å². The molecule has 0 saturated carbocycles. The van der Waals surface area contributed by atoms with Crippen LogP contribution >= 0.6 is 0 Å². The Morgan fingerprint density at radius 1 is 0.233 bits per heavy atom. The van der Waals surface area contributed by atoms with Crippen molar-refractivity contribution in [3.8, 4) is 101 Å². The monoisotopic (exact) mass is 767 g/mol. The van der Waals surface area contributed by atoms with Crippen LogP contribution in [-0.4, -0.2) is 24.9 Å². The highest BCUT2D eigenvalue weighted by Crippen LogP contribution is 2.42. The molecule has 0 aliphatic rings. The van der Waals surface area contributed by atoms with Gasteiger partial charge in [0.15, 0.2) is 11.6 Å². The van der Waals surface area contributed by atoms with Gasteiger partial charge in [0, 0.05) is 45.1 Å². The van der Waals surface area contributed by atoms with E-state index in [1.807, 2.05) is 91.1 Å². The molecule has 5 heteroatoms. The summed E-state index contributed by atoms with van der Waals surface area (Å²) in [6, 6.07) is 74.9. The third kappa shape index (κ3) is 7.51. The number of aromatic nitrogens is 5. The van der Waals surface area contributed by atoms with E-state index < -0.39 is 0 Å². The fourth-order valence-corrected chi connectivity index (χ4v) is 7.66. The number of benzene rings is 7. The van der Waals surface area contributed by atoms with Crippen LogP contribution in [0.1, 0.15) is 0 Å². The Bertz CT molecular complexity index is 2950. The smallest absolute Gasteiger partial charge is 0.160 e. The van der Waals surface area contributed by atoms with Crippen molar-refractivity contribution < 1.29 is 0 Å². The summed E-state index contributed by atoms with van der Waals surface area (Å²) in [5.74, 6) is 1.36. The number of rotatable bonds is 9. The summed E-state index contributed by atoms with van der Waals surface area (Å²) in [6.45, 7) is 0. The number of hydrogen-bond donors (Lipinski definition) is 0. The molecule has 0 atom stereocenters. The first-order valence-electron chi connectivity index (χ1n) is 20.0. The van der Waals surface area contributed by atoms with Gasteiger partial charge in [-0.15, -0.1) is 0 Å². The van der Waals surface area contributed by atoms with Gasteiger partial charge < -0.3 is 0 Å². The van der Waals surface area contributed by atoms with Gasteiger partial charge in [0.05, 0.1) is 28.5 Å². The topological polar surface area (TPSA) is 64.5 Å². The molecule has 3 heterocycles. The normalized spacial score (nSPS) is 11.0. The molecule has 10 aromatic rings. The van der Waals surface area contributed by atoms with E-state index in [1.165, 1.54) is 0 Å². The maximum atomic E-state index is 5.16. The molecule has 0 radical (unpaired) electrons. The van der Waals surface area contributed by atoms with Crippen molar-refractivity contribution in [1.29, 1.82) is 0 Å². The van der Waals surface area contributed by atoms with Gasteiger partial charge in [-0.05, 0) is 58.7 Å². The second-order valence-electron chi connectivity index (χ2n) is 14.5. The van der Waals surface area contributed by atoms with Crippen molar-refractivity contribution in [3.63, 3.8) is 0 Å². The molecule has 10 rings (SSSR count). The van der Waals surface area contributed by atoms with Gasteiger partial charge in [-0.3, -0.25) is 4.98 Å². The molecule has 0 amide bonds. The van der Waals surface area contributed by atoms with Crippen LogP contribution in [-0.2, 0) is 0 Å². The first kappa shape index (κ1) is 36.2. The quantitative estimate of drug-likeness (QED) is 0.146. The van der Waals surface area contributed by atoms with E-state index >= 15 is 0 Å². The zero-order chi connectivity index (χ0) is 40.1. The SMILES string of the molecule is c1ccc(-c2cc(-c3cccc(-c4cccc(-c5ccccn5)c4-c4cccc(-c5cc(-c6ccccc6)nc(-c6ccccc6)n5)c4)c3)nc(-c3ccccc3)n2)cc1. The third-order valence-corrected chi connectivity index (χ3v) is 10.6. The van der Waals surface area contributed by atoms with Crippen LogP contribution in [0.3, 0.4) is 0 Å². The largest absolute Gasteiger partial charge is 0.256 e. The average molecular weight is 768 g/mol. The Balaban J connectivity index is 1.13. The molecule has 5 nitrogen and oxygen atoms in total. The van der Waals surface area contributed by atoms with Gasteiger partial charge in [0.1, 0.15) is 0 Å². The molecule has 0 spiro atoms. The third-order valence-electron chi connectivity index (χ3n) is 10.6. The van der Waals surface area contributed by atoms with Gasteiger partial charge in [-0.2, -0.15) is 0 Å². The van der Waals surface area contributed by atoms with Crippen molar-refractivity contribution >= 4 is 0 Å². The van der Waals surface area contributed by atoms with Crippen LogP contribution in [0, 0.1) is 0 Å². The van der Waals surface area contributed by atoms with Crippen LogP contribution in [0.25, 0.3) is 101 Å². The molecule has 0 saturated heterocycles. The van der Waals surface area contributed by atoms with Crippen molar-refractivity contribution in [3.05, 3.63) is 225 Å². The Morgan fingerprint density at radius 2 is 0.617 bits per heavy atom. The van der Waals surface area contributed by atoms with E-state index in [-0.39, 0.29) is 0 Å². The maximum absolute atomic E-state index is 5.16. The lowest BCUT2D eigenvalue weighted by atomic mass is 9.87. The highest BCUT2D eigenvalue weighted by atomic mass is 14.9. The maximum Gasteiger partial charge on any atom is 0.160 e. The van der Waals surface area contributed by atoms with Gasteiger partial charge >= 0.3 is 0 Å².